The largest absolute Gasteiger partial charge is 0.312 e. The average Bonchev–Trinajstić information content (AvgIpc) is 2.74. The van der Waals surface area contributed by atoms with Gasteiger partial charge in [0.05, 0.1) is 0 Å². The second kappa shape index (κ2) is 4.18. The molecule has 2 heterocycles. The van der Waals surface area contributed by atoms with Crippen LogP contribution in [0.4, 0.5) is 4.39 Å². The maximum atomic E-state index is 13.3. The number of rotatable bonds is 1. The highest BCUT2D eigenvalue weighted by atomic mass is 32.1. The van der Waals surface area contributed by atoms with E-state index in [1.807, 2.05) is 6.07 Å². The summed E-state index contributed by atoms with van der Waals surface area (Å²) in [7, 11) is 0. The van der Waals surface area contributed by atoms with Crippen LogP contribution in [0.1, 0.15) is 24.3 Å². The molecule has 1 nitrogen and oxygen atoms in total. The fourth-order valence-electron chi connectivity index (χ4n) is 2.51. The molecule has 0 atom stereocenters. The zero-order chi connectivity index (χ0) is 12.8. The van der Waals surface area contributed by atoms with Crippen LogP contribution in [0.5, 0.6) is 0 Å². The van der Waals surface area contributed by atoms with Gasteiger partial charge in [0.25, 0.3) is 0 Å². The molecule has 1 aliphatic heterocycles. The number of halogens is 1. The summed E-state index contributed by atoms with van der Waals surface area (Å²) in [4.78, 5) is 2.59. The molecule has 0 fully saturated rings. The van der Waals surface area contributed by atoms with Crippen molar-refractivity contribution in [2.75, 3.05) is 6.54 Å². The Bertz CT molecular complexity index is 586. The fraction of sp³-hybridized carbons (Fsp3) is 0.333. The minimum atomic E-state index is -0.170. The molecule has 0 spiro atoms. The van der Waals surface area contributed by atoms with Gasteiger partial charge in [0.2, 0.25) is 0 Å². The molecule has 3 rings (SSSR count). The first-order chi connectivity index (χ1) is 8.56. The van der Waals surface area contributed by atoms with Crippen LogP contribution in [0.25, 0.3) is 10.4 Å². The summed E-state index contributed by atoms with van der Waals surface area (Å²) in [6, 6.07) is 9.04. The molecule has 94 valence electrons. The van der Waals surface area contributed by atoms with Gasteiger partial charge in [-0.3, -0.25) is 0 Å². The molecule has 3 heteroatoms. The lowest BCUT2D eigenvalue weighted by molar-refractivity contribution is 0.445. The molecule has 1 N–H and O–H groups in total. The third-order valence-electron chi connectivity index (χ3n) is 3.42. The summed E-state index contributed by atoms with van der Waals surface area (Å²) in [5.74, 6) is -0.170. The van der Waals surface area contributed by atoms with Gasteiger partial charge in [0.1, 0.15) is 5.82 Å². The smallest absolute Gasteiger partial charge is 0.123 e. The van der Waals surface area contributed by atoms with Gasteiger partial charge in [-0.05, 0) is 29.3 Å². The first kappa shape index (κ1) is 11.9. The molecule has 0 unspecified atom stereocenters. The van der Waals surface area contributed by atoms with Gasteiger partial charge in [-0.15, -0.1) is 11.3 Å². The zero-order valence-electron chi connectivity index (χ0n) is 10.6. The third-order valence-corrected chi connectivity index (χ3v) is 5.01. The van der Waals surface area contributed by atoms with Gasteiger partial charge in [-0.1, -0.05) is 26.0 Å². The van der Waals surface area contributed by atoms with Crippen molar-refractivity contribution < 1.29 is 4.39 Å². The quantitative estimate of drug-likeness (QED) is 0.820. The van der Waals surface area contributed by atoms with Crippen molar-refractivity contribution in [1.29, 1.82) is 0 Å². The Labute approximate surface area is 111 Å². The van der Waals surface area contributed by atoms with Crippen molar-refractivity contribution in [2.24, 2.45) is 0 Å². The normalized spacial score (nSPS) is 17.5. The van der Waals surface area contributed by atoms with Crippen molar-refractivity contribution in [3.8, 4) is 10.4 Å². The number of fused-ring (bicyclic) bond motifs is 1. The highest BCUT2D eigenvalue weighted by molar-refractivity contribution is 7.15. The van der Waals surface area contributed by atoms with Crippen LogP contribution in [0.3, 0.4) is 0 Å². The number of hydrogen-bond donors (Lipinski definition) is 1. The average molecular weight is 261 g/mol. The Balaban J connectivity index is 2.08. The van der Waals surface area contributed by atoms with Crippen LogP contribution in [-0.2, 0) is 12.0 Å². The van der Waals surface area contributed by atoms with E-state index in [1.165, 1.54) is 16.5 Å². The summed E-state index contributed by atoms with van der Waals surface area (Å²) < 4.78 is 13.3. The van der Waals surface area contributed by atoms with Gasteiger partial charge in [0.15, 0.2) is 0 Å². The van der Waals surface area contributed by atoms with Crippen molar-refractivity contribution in [2.45, 2.75) is 25.8 Å². The molecule has 0 bridgehead atoms. The van der Waals surface area contributed by atoms with Crippen LogP contribution in [0.2, 0.25) is 0 Å². The molecular weight excluding hydrogens is 245 g/mol. The maximum absolute atomic E-state index is 13.3. The van der Waals surface area contributed by atoms with Crippen LogP contribution >= 0.6 is 11.3 Å². The lowest BCUT2D eigenvalue weighted by Crippen LogP contribution is -2.37. The van der Waals surface area contributed by atoms with Crippen molar-refractivity contribution in [3.05, 3.63) is 46.6 Å². The van der Waals surface area contributed by atoms with E-state index in [1.54, 1.807) is 23.5 Å². The lowest BCUT2D eigenvalue weighted by atomic mass is 9.86. The Kier molecular flexibility index (Phi) is 2.76. The Hall–Kier alpha value is -1.19. The SMILES string of the molecule is CC1(C)CNCc2cc(-c3cccc(F)c3)sc21. The molecular formula is C15H16FNS. The number of hydrogen-bond acceptors (Lipinski definition) is 2. The highest BCUT2D eigenvalue weighted by Gasteiger charge is 2.29. The van der Waals surface area contributed by atoms with E-state index in [4.69, 9.17) is 0 Å². The van der Waals surface area contributed by atoms with Crippen molar-refractivity contribution >= 4 is 11.3 Å². The van der Waals surface area contributed by atoms with Gasteiger partial charge in [-0.25, -0.2) is 4.39 Å². The van der Waals surface area contributed by atoms with E-state index >= 15 is 0 Å². The lowest BCUT2D eigenvalue weighted by Gasteiger charge is -2.30. The number of nitrogens with one attached hydrogen (secondary N) is 1. The van der Waals surface area contributed by atoms with E-state index in [2.05, 4.69) is 25.2 Å². The highest BCUT2D eigenvalue weighted by Crippen LogP contribution is 2.40. The second-order valence-electron chi connectivity index (χ2n) is 5.46. The van der Waals surface area contributed by atoms with Gasteiger partial charge < -0.3 is 5.32 Å². The summed E-state index contributed by atoms with van der Waals surface area (Å²) in [6.45, 7) is 6.43. The van der Waals surface area contributed by atoms with E-state index in [0.29, 0.717) is 0 Å². The molecule has 0 amide bonds. The molecule has 1 aromatic carbocycles. The first-order valence-corrected chi connectivity index (χ1v) is 6.98. The van der Waals surface area contributed by atoms with E-state index < -0.39 is 0 Å². The molecule has 1 aromatic heterocycles. The van der Waals surface area contributed by atoms with Gasteiger partial charge in [0, 0.05) is 28.3 Å². The Morgan fingerprint density at radius 1 is 1.28 bits per heavy atom. The molecule has 0 aliphatic carbocycles. The third kappa shape index (κ3) is 1.98. The van der Waals surface area contributed by atoms with E-state index in [9.17, 15) is 4.39 Å². The molecule has 0 saturated heterocycles. The number of benzene rings is 1. The summed E-state index contributed by atoms with van der Waals surface area (Å²) in [5, 5.41) is 3.44. The standard InChI is InChI=1S/C15H16FNS/c1-15(2)9-17-8-11-7-13(18-14(11)15)10-4-3-5-12(16)6-10/h3-7,17H,8-9H2,1-2H3. The molecule has 2 aromatic rings. The monoisotopic (exact) mass is 261 g/mol. The predicted octanol–water partition coefficient (Wildman–Crippen LogP) is 3.94. The summed E-state index contributed by atoms with van der Waals surface area (Å²) >= 11 is 1.80. The molecule has 0 radical (unpaired) electrons. The molecule has 18 heavy (non-hydrogen) atoms. The minimum absolute atomic E-state index is 0.170. The Morgan fingerprint density at radius 2 is 2.11 bits per heavy atom. The Morgan fingerprint density at radius 3 is 2.83 bits per heavy atom. The van der Waals surface area contributed by atoms with Crippen LogP contribution in [0, 0.1) is 5.82 Å². The predicted molar refractivity (Wildman–Crippen MR) is 74.4 cm³/mol. The zero-order valence-corrected chi connectivity index (χ0v) is 11.4. The topological polar surface area (TPSA) is 12.0 Å². The van der Waals surface area contributed by atoms with Crippen LogP contribution in [-0.4, -0.2) is 6.54 Å². The maximum Gasteiger partial charge on any atom is 0.123 e. The van der Waals surface area contributed by atoms with Crippen molar-refractivity contribution in [1.82, 2.24) is 5.32 Å². The van der Waals surface area contributed by atoms with Gasteiger partial charge in [-0.2, -0.15) is 0 Å². The summed E-state index contributed by atoms with van der Waals surface area (Å²) in [5.41, 5.74) is 2.50. The fourth-order valence-corrected chi connectivity index (χ4v) is 3.78. The summed E-state index contributed by atoms with van der Waals surface area (Å²) in [6.07, 6.45) is 0. The van der Waals surface area contributed by atoms with Crippen molar-refractivity contribution in [3.63, 3.8) is 0 Å². The number of thiophene rings is 1. The van der Waals surface area contributed by atoms with E-state index in [0.717, 1.165) is 23.5 Å². The second-order valence-corrected chi connectivity index (χ2v) is 6.51. The van der Waals surface area contributed by atoms with Gasteiger partial charge >= 0.3 is 0 Å². The minimum Gasteiger partial charge on any atom is -0.312 e. The van der Waals surface area contributed by atoms with E-state index in [-0.39, 0.29) is 11.2 Å². The molecule has 0 saturated carbocycles. The first-order valence-electron chi connectivity index (χ1n) is 6.16. The van der Waals surface area contributed by atoms with Crippen LogP contribution < -0.4 is 5.32 Å². The van der Waals surface area contributed by atoms with Crippen LogP contribution in [0.15, 0.2) is 30.3 Å². The molecule has 1 aliphatic rings.